The third kappa shape index (κ3) is 5.01. The third-order valence-corrected chi connectivity index (χ3v) is 7.16. The van der Waals surface area contributed by atoms with Gasteiger partial charge in [-0.2, -0.15) is 0 Å². The second-order valence-electron chi connectivity index (χ2n) is 9.99. The first-order valence-electron chi connectivity index (χ1n) is 13.2. The van der Waals surface area contributed by atoms with Gasteiger partial charge < -0.3 is 9.32 Å². The molecule has 2 heterocycles. The predicted octanol–water partition coefficient (Wildman–Crippen LogP) is 5.71. The number of anilines is 1. The Kier molecular flexibility index (Phi) is 6.70. The number of amides is 3. The van der Waals surface area contributed by atoms with Crippen LogP contribution in [0.3, 0.4) is 0 Å². The molecule has 0 bridgehead atoms. The number of oxazole rings is 1. The second kappa shape index (κ2) is 10.6. The maximum Gasteiger partial charge on any atom is 0.257 e. The van der Waals surface area contributed by atoms with Gasteiger partial charge in [-0.25, -0.2) is 9.88 Å². The number of nitrogens with zero attached hydrogens (tertiary/aromatic N) is 3. The van der Waals surface area contributed by atoms with Crippen molar-refractivity contribution < 1.29 is 18.8 Å². The smallest absolute Gasteiger partial charge is 0.257 e. The number of para-hydroxylation sites is 2. The molecule has 0 aliphatic carbocycles. The van der Waals surface area contributed by atoms with Crippen LogP contribution >= 0.6 is 0 Å². The van der Waals surface area contributed by atoms with E-state index in [2.05, 4.69) is 4.98 Å². The molecule has 3 amide bonds. The van der Waals surface area contributed by atoms with Crippen molar-refractivity contribution in [2.75, 3.05) is 4.90 Å². The number of aromatic nitrogens is 1. The summed E-state index contributed by atoms with van der Waals surface area (Å²) in [6, 6.07) is 30.8. The second-order valence-corrected chi connectivity index (χ2v) is 9.99. The lowest BCUT2D eigenvalue weighted by molar-refractivity contribution is -0.138. The first kappa shape index (κ1) is 25.2. The van der Waals surface area contributed by atoms with Crippen molar-refractivity contribution in [2.45, 2.75) is 32.4 Å². The fourth-order valence-corrected chi connectivity index (χ4v) is 5.01. The maximum atomic E-state index is 13.7. The van der Waals surface area contributed by atoms with Crippen LogP contribution in [0.2, 0.25) is 0 Å². The highest BCUT2D eigenvalue weighted by Gasteiger charge is 2.44. The zero-order chi connectivity index (χ0) is 27.6. The number of aryl methyl sites for hydroxylation is 1. The fourth-order valence-electron chi connectivity index (χ4n) is 5.01. The summed E-state index contributed by atoms with van der Waals surface area (Å²) in [5.41, 5.74) is 5.47. The Labute approximate surface area is 231 Å². The summed E-state index contributed by atoms with van der Waals surface area (Å²) in [6.07, 6.45) is 0.0714. The number of rotatable bonds is 7. The molecule has 0 spiro atoms. The van der Waals surface area contributed by atoms with Crippen molar-refractivity contribution in [3.05, 3.63) is 120 Å². The molecule has 40 heavy (non-hydrogen) atoms. The molecule has 1 fully saturated rings. The molecule has 1 atom stereocenters. The van der Waals surface area contributed by atoms with E-state index in [-0.39, 0.29) is 31.2 Å². The normalized spacial score (nSPS) is 15.1. The molecule has 5 aromatic rings. The summed E-state index contributed by atoms with van der Waals surface area (Å²) >= 11 is 0. The number of hydrogen-bond donors (Lipinski definition) is 0. The van der Waals surface area contributed by atoms with Gasteiger partial charge >= 0.3 is 0 Å². The van der Waals surface area contributed by atoms with E-state index in [1.165, 1.54) is 4.90 Å². The monoisotopic (exact) mass is 529 g/mol. The van der Waals surface area contributed by atoms with Gasteiger partial charge in [-0.05, 0) is 54.4 Å². The molecule has 7 heteroatoms. The molecule has 1 aromatic heterocycles. The highest BCUT2D eigenvalue weighted by molar-refractivity contribution is 6.23. The quantitative estimate of drug-likeness (QED) is 0.252. The van der Waals surface area contributed by atoms with Crippen LogP contribution in [0.1, 0.15) is 23.1 Å². The van der Waals surface area contributed by atoms with Gasteiger partial charge in [0, 0.05) is 12.1 Å². The van der Waals surface area contributed by atoms with Crippen molar-refractivity contribution >= 4 is 34.5 Å². The highest BCUT2D eigenvalue weighted by Crippen LogP contribution is 2.30. The van der Waals surface area contributed by atoms with Gasteiger partial charge in [0.05, 0.1) is 18.5 Å². The Balaban J connectivity index is 1.26. The maximum absolute atomic E-state index is 13.7. The summed E-state index contributed by atoms with van der Waals surface area (Å²) in [6.45, 7) is 2.23. The molecule has 198 valence electrons. The van der Waals surface area contributed by atoms with Gasteiger partial charge in [0.2, 0.25) is 17.7 Å². The molecule has 0 radical (unpaired) electrons. The molecule has 7 nitrogen and oxygen atoms in total. The SMILES string of the molecule is Cc1ccc(CN(C(=O)Cc2ccccc2)C2CC(=O)N(c3ccc(-c4nc5ccccc5o4)cc3)C2=O)cc1. The minimum absolute atomic E-state index is 0.0713. The van der Waals surface area contributed by atoms with Crippen LogP contribution in [0.25, 0.3) is 22.6 Å². The molecular weight excluding hydrogens is 502 g/mol. The number of carbonyl (C=O) groups is 3. The Morgan fingerprint density at radius 3 is 2.30 bits per heavy atom. The molecule has 0 N–H and O–H groups in total. The van der Waals surface area contributed by atoms with Gasteiger partial charge in [-0.3, -0.25) is 14.4 Å². The summed E-state index contributed by atoms with van der Waals surface area (Å²) in [5.74, 6) is -0.495. The topological polar surface area (TPSA) is 83.7 Å². The number of carbonyl (C=O) groups excluding carboxylic acids is 3. The number of benzene rings is 4. The number of fused-ring (bicyclic) bond motifs is 1. The van der Waals surface area contributed by atoms with Crippen LogP contribution in [-0.4, -0.2) is 33.6 Å². The summed E-state index contributed by atoms with van der Waals surface area (Å²) < 4.78 is 5.85. The molecule has 1 aliphatic heterocycles. The van der Waals surface area contributed by atoms with Gasteiger partial charge in [0.25, 0.3) is 5.91 Å². The van der Waals surface area contributed by atoms with Crippen LogP contribution in [0, 0.1) is 6.92 Å². The van der Waals surface area contributed by atoms with Crippen molar-refractivity contribution in [1.82, 2.24) is 9.88 Å². The number of imide groups is 1. The number of hydrogen-bond acceptors (Lipinski definition) is 5. The van der Waals surface area contributed by atoms with Gasteiger partial charge in [0.1, 0.15) is 11.6 Å². The lowest BCUT2D eigenvalue weighted by atomic mass is 10.1. The van der Waals surface area contributed by atoms with E-state index in [0.717, 1.165) is 27.8 Å². The van der Waals surface area contributed by atoms with E-state index in [1.807, 2.05) is 85.8 Å². The zero-order valence-corrected chi connectivity index (χ0v) is 22.0. The van der Waals surface area contributed by atoms with Crippen LogP contribution in [0.5, 0.6) is 0 Å². The zero-order valence-electron chi connectivity index (χ0n) is 22.0. The van der Waals surface area contributed by atoms with Crippen LogP contribution < -0.4 is 4.90 Å². The van der Waals surface area contributed by atoms with Gasteiger partial charge in [-0.1, -0.05) is 72.3 Å². The Hall–Kier alpha value is -5.04. The molecule has 6 rings (SSSR count). The van der Waals surface area contributed by atoms with E-state index >= 15 is 0 Å². The molecule has 0 saturated carbocycles. The van der Waals surface area contributed by atoms with Crippen LogP contribution in [0.15, 0.2) is 108 Å². The van der Waals surface area contributed by atoms with Gasteiger partial charge in [0.15, 0.2) is 5.58 Å². The Bertz CT molecular complexity index is 1660. The largest absolute Gasteiger partial charge is 0.436 e. The fraction of sp³-hybridized carbons (Fsp3) is 0.152. The molecule has 1 aliphatic rings. The Morgan fingerprint density at radius 1 is 0.875 bits per heavy atom. The van der Waals surface area contributed by atoms with E-state index in [4.69, 9.17) is 4.42 Å². The summed E-state index contributed by atoms with van der Waals surface area (Å²) in [7, 11) is 0. The molecule has 4 aromatic carbocycles. The molecular formula is C33H27N3O4. The van der Waals surface area contributed by atoms with Crippen molar-refractivity contribution in [3.8, 4) is 11.5 Å². The highest BCUT2D eigenvalue weighted by atomic mass is 16.3. The van der Waals surface area contributed by atoms with Crippen molar-refractivity contribution in [3.63, 3.8) is 0 Å². The van der Waals surface area contributed by atoms with E-state index in [1.54, 1.807) is 29.2 Å². The van der Waals surface area contributed by atoms with E-state index in [0.29, 0.717) is 17.2 Å². The van der Waals surface area contributed by atoms with Gasteiger partial charge in [-0.15, -0.1) is 0 Å². The molecule has 1 saturated heterocycles. The van der Waals surface area contributed by atoms with Crippen molar-refractivity contribution in [1.29, 1.82) is 0 Å². The summed E-state index contributed by atoms with van der Waals surface area (Å²) in [4.78, 5) is 47.7. The minimum Gasteiger partial charge on any atom is -0.436 e. The van der Waals surface area contributed by atoms with E-state index in [9.17, 15) is 14.4 Å². The summed E-state index contributed by atoms with van der Waals surface area (Å²) in [5, 5.41) is 0. The Morgan fingerprint density at radius 2 is 1.57 bits per heavy atom. The predicted molar refractivity (Wildman–Crippen MR) is 152 cm³/mol. The third-order valence-electron chi connectivity index (χ3n) is 7.16. The lowest BCUT2D eigenvalue weighted by Gasteiger charge is -2.28. The average molecular weight is 530 g/mol. The first-order chi connectivity index (χ1) is 19.5. The van der Waals surface area contributed by atoms with E-state index < -0.39 is 11.9 Å². The minimum atomic E-state index is -0.887. The van der Waals surface area contributed by atoms with Crippen LogP contribution in [-0.2, 0) is 27.3 Å². The first-order valence-corrected chi connectivity index (χ1v) is 13.2. The standard InChI is InChI=1S/C33H27N3O4/c1-22-11-13-24(14-12-22)21-35(30(37)19-23-7-3-2-4-8-23)28-20-31(38)36(33(28)39)26-17-15-25(16-18-26)32-34-27-9-5-6-10-29(27)40-32/h2-18,28H,19-21H2,1H3. The van der Waals surface area contributed by atoms with Crippen molar-refractivity contribution in [2.24, 2.45) is 0 Å². The lowest BCUT2D eigenvalue weighted by Crippen LogP contribution is -2.45. The average Bonchev–Trinajstić information content (AvgIpc) is 3.53. The van der Waals surface area contributed by atoms with Crippen LogP contribution in [0.4, 0.5) is 5.69 Å². The molecule has 1 unspecified atom stereocenters.